The van der Waals surface area contributed by atoms with E-state index < -0.39 is 6.10 Å². The molecule has 81 heavy (non-hydrogen) atoms. The molecule has 0 saturated heterocycles. The molecule has 0 aromatic carbocycles. The van der Waals surface area contributed by atoms with Crippen molar-refractivity contribution in [2.75, 3.05) is 13.2 Å². The zero-order valence-electron chi connectivity index (χ0n) is 53.8. The molecule has 0 aliphatic carbocycles. The van der Waals surface area contributed by atoms with E-state index in [0.717, 1.165) is 96.3 Å². The first kappa shape index (κ1) is 77.6. The molecule has 0 radical (unpaired) electrons. The van der Waals surface area contributed by atoms with E-state index in [9.17, 15) is 14.4 Å². The SMILES string of the molecule is CC/C=C\C/C=C\C/C=C\C/C=C\C/C=C\CCCCCCCCCCCCCCCCCC(=O)OCC(COC(=O)CCCCCCCCC)OC(=O)CCCCCCCCCCCCCCC/C=C\C/C=C\CCCCCCC. The zero-order valence-corrected chi connectivity index (χ0v) is 53.8. The fourth-order valence-electron chi connectivity index (χ4n) is 10.2. The number of ether oxygens (including phenoxy) is 3. The normalized spacial score (nSPS) is 12.6. The van der Waals surface area contributed by atoms with Crippen molar-refractivity contribution in [1.29, 1.82) is 0 Å². The Bertz CT molecular complexity index is 1530. The van der Waals surface area contributed by atoms with Gasteiger partial charge in [-0.2, -0.15) is 0 Å². The van der Waals surface area contributed by atoms with Crippen molar-refractivity contribution in [3.8, 4) is 0 Å². The predicted octanol–water partition coefficient (Wildman–Crippen LogP) is 24.2. The number of rotatable bonds is 64. The molecule has 0 saturated carbocycles. The first-order valence-electron chi connectivity index (χ1n) is 35.1. The average Bonchev–Trinajstić information content (AvgIpc) is 3.46. The Morgan fingerprint density at radius 2 is 0.481 bits per heavy atom. The highest BCUT2D eigenvalue weighted by Crippen LogP contribution is 2.18. The molecular weight excluding hydrogens is 997 g/mol. The van der Waals surface area contributed by atoms with Crippen LogP contribution >= 0.6 is 0 Å². The van der Waals surface area contributed by atoms with Gasteiger partial charge >= 0.3 is 17.9 Å². The van der Waals surface area contributed by atoms with E-state index in [-0.39, 0.29) is 31.1 Å². The minimum absolute atomic E-state index is 0.0724. The lowest BCUT2D eigenvalue weighted by molar-refractivity contribution is -0.167. The van der Waals surface area contributed by atoms with E-state index in [1.807, 2.05) is 0 Å². The number of unbranched alkanes of at least 4 members (excludes halogenated alkanes) is 39. The Kier molecular flexibility index (Phi) is 66.2. The molecule has 0 fully saturated rings. The maximum Gasteiger partial charge on any atom is 0.306 e. The molecule has 468 valence electrons. The molecule has 0 rings (SSSR count). The van der Waals surface area contributed by atoms with Crippen molar-refractivity contribution >= 4 is 17.9 Å². The lowest BCUT2D eigenvalue weighted by atomic mass is 10.0. The van der Waals surface area contributed by atoms with Gasteiger partial charge in [-0.05, 0) is 96.3 Å². The molecule has 1 unspecified atom stereocenters. The van der Waals surface area contributed by atoms with Crippen molar-refractivity contribution in [1.82, 2.24) is 0 Å². The quantitative estimate of drug-likeness (QED) is 0.0261. The summed E-state index contributed by atoms with van der Waals surface area (Å²) in [5, 5.41) is 0. The highest BCUT2D eigenvalue weighted by molar-refractivity contribution is 5.71. The second-order valence-electron chi connectivity index (χ2n) is 23.4. The van der Waals surface area contributed by atoms with Crippen LogP contribution in [0.3, 0.4) is 0 Å². The van der Waals surface area contributed by atoms with Crippen LogP contribution in [0.5, 0.6) is 0 Å². The number of carbonyl (C=O) groups excluding carboxylic acids is 3. The summed E-state index contributed by atoms with van der Waals surface area (Å²) < 4.78 is 16.9. The Morgan fingerprint density at radius 1 is 0.259 bits per heavy atom. The van der Waals surface area contributed by atoms with E-state index in [4.69, 9.17) is 14.2 Å². The molecule has 0 heterocycles. The van der Waals surface area contributed by atoms with Gasteiger partial charge in [-0.3, -0.25) is 14.4 Å². The third kappa shape index (κ3) is 67.3. The van der Waals surface area contributed by atoms with Gasteiger partial charge in [0.15, 0.2) is 6.10 Å². The van der Waals surface area contributed by atoms with E-state index >= 15 is 0 Å². The van der Waals surface area contributed by atoms with Crippen molar-refractivity contribution in [3.05, 3.63) is 85.1 Å². The standard InChI is InChI=1S/C75H132O6/c1-4-7-10-13-16-18-20-22-24-26-28-30-32-34-35-36-37-38-39-41-42-44-46-48-50-52-54-56-59-62-65-68-74(77)80-71-72(70-79-73(76)67-64-61-58-15-12-9-6-3)81-75(78)69-66-63-60-57-55-53-51-49-47-45-43-40-33-31-29-27-25-23-21-19-17-14-11-8-5-2/h7,10,16,18,21-24,27-30,34-35,72H,4-6,8-9,11-15,17,19-20,25-26,31-33,36-71H2,1-3H3/b10-7-,18-16-,23-21-,24-22-,29-27-,30-28-,35-34-. The number of hydrogen-bond donors (Lipinski definition) is 0. The average molecular weight is 1130 g/mol. The Morgan fingerprint density at radius 3 is 0.753 bits per heavy atom. The zero-order chi connectivity index (χ0) is 58.5. The van der Waals surface area contributed by atoms with Crippen LogP contribution < -0.4 is 0 Å². The molecule has 0 aromatic heterocycles. The summed E-state index contributed by atoms with van der Waals surface area (Å²) in [6.07, 6.45) is 92.1. The molecule has 0 spiro atoms. The molecule has 0 bridgehead atoms. The second kappa shape index (κ2) is 69.1. The predicted molar refractivity (Wildman–Crippen MR) is 353 cm³/mol. The van der Waals surface area contributed by atoms with Gasteiger partial charge in [0, 0.05) is 19.3 Å². The van der Waals surface area contributed by atoms with Crippen LogP contribution in [-0.4, -0.2) is 37.2 Å². The highest BCUT2D eigenvalue weighted by atomic mass is 16.6. The minimum Gasteiger partial charge on any atom is -0.462 e. The number of allylic oxidation sites excluding steroid dienone is 14. The maximum absolute atomic E-state index is 12.9. The Balaban J connectivity index is 4.05. The number of esters is 3. The lowest BCUT2D eigenvalue weighted by Gasteiger charge is -2.18. The van der Waals surface area contributed by atoms with Gasteiger partial charge in [0.05, 0.1) is 0 Å². The van der Waals surface area contributed by atoms with Gasteiger partial charge < -0.3 is 14.2 Å². The topological polar surface area (TPSA) is 78.9 Å². The van der Waals surface area contributed by atoms with Crippen LogP contribution in [0.2, 0.25) is 0 Å². The highest BCUT2D eigenvalue weighted by Gasteiger charge is 2.19. The van der Waals surface area contributed by atoms with Crippen LogP contribution in [-0.2, 0) is 28.6 Å². The molecule has 6 nitrogen and oxygen atoms in total. The van der Waals surface area contributed by atoms with Crippen LogP contribution in [0.15, 0.2) is 85.1 Å². The summed E-state index contributed by atoms with van der Waals surface area (Å²) in [6, 6.07) is 0. The molecular formula is C75H132O6. The summed E-state index contributed by atoms with van der Waals surface area (Å²) in [5.41, 5.74) is 0. The molecule has 0 aliphatic rings. The number of hydrogen-bond acceptors (Lipinski definition) is 6. The summed E-state index contributed by atoms with van der Waals surface area (Å²) in [4.78, 5) is 38.2. The first-order valence-corrected chi connectivity index (χ1v) is 35.1. The van der Waals surface area contributed by atoms with Crippen LogP contribution in [0.4, 0.5) is 0 Å². The monoisotopic (exact) mass is 1130 g/mol. The largest absolute Gasteiger partial charge is 0.462 e. The molecule has 0 amide bonds. The fourth-order valence-corrected chi connectivity index (χ4v) is 10.2. The molecule has 0 N–H and O–H groups in total. The van der Waals surface area contributed by atoms with Gasteiger partial charge in [0.2, 0.25) is 0 Å². The molecule has 0 aliphatic heterocycles. The van der Waals surface area contributed by atoms with Crippen LogP contribution in [0.1, 0.15) is 355 Å². The summed E-state index contributed by atoms with van der Waals surface area (Å²) in [6.45, 7) is 6.52. The Hall–Kier alpha value is -3.41. The molecule has 0 aromatic rings. The molecule has 6 heteroatoms. The lowest BCUT2D eigenvalue weighted by Crippen LogP contribution is -2.30. The van der Waals surface area contributed by atoms with Gasteiger partial charge in [-0.25, -0.2) is 0 Å². The van der Waals surface area contributed by atoms with E-state index in [2.05, 4.69) is 106 Å². The first-order chi connectivity index (χ1) is 40.0. The fraction of sp³-hybridized carbons (Fsp3) is 0.773. The third-order valence-electron chi connectivity index (χ3n) is 15.4. The summed E-state index contributed by atoms with van der Waals surface area (Å²) in [5.74, 6) is -0.863. The van der Waals surface area contributed by atoms with Crippen molar-refractivity contribution in [3.63, 3.8) is 0 Å². The summed E-state index contributed by atoms with van der Waals surface area (Å²) >= 11 is 0. The van der Waals surface area contributed by atoms with Crippen molar-refractivity contribution in [2.45, 2.75) is 361 Å². The minimum atomic E-state index is -0.773. The van der Waals surface area contributed by atoms with E-state index in [1.165, 1.54) is 218 Å². The van der Waals surface area contributed by atoms with E-state index in [0.29, 0.717) is 19.3 Å². The van der Waals surface area contributed by atoms with Crippen molar-refractivity contribution in [2.24, 2.45) is 0 Å². The number of carbonyl (C=O) groups is 3. The van der Waals surface area contributed by atoms with Crippen molar-refractivity contribution < 1.29 is 28.6 Å². The second-order valence-corrected chi connectivity index (χ2v) is 23.4. The summed E-state index contributed by atoms with van der Waals surface area (Å²) in [7, 11) is 0. The van der Waals surface area contributed by atoms with Gasteiger partial charge in [0.1, 0.15) is 13.2 Å². The van der Waals surface area contributed by atoms with Gasteiger partial charge in [-0.1, -0.05) is 324 Å². The van der Waals surface area contributed by atoms with Gasteiger partial charge in [0.25, 0.3) is 0 Å². The van der Waals surface area contributed by atoms with E-state index in [1.54, 1.807) is 0 Å². The Labute approximate surface area is 503 Å². The maximum atomic E-state index is 12.9. The van der Waals surface area contributed by atoms with Crippen LogP contribution in [0, 0.1) is 0 Å². The van der Waals surface area contributed by atoms with Crippen LogP contribution in [0.25, 0.3) is 0 Å². The smallest absolute Gasteiger partial charge is 0.306 e. The molecule has 1 atom stereocenters. The van der Waals surface area contributed by atoms with Gasteiger partial charge in [-0.15, -0.1) is 0 Å². The third-order valence-corrected chi connectivity index (χ3v) is 15.4.